The summed E-state index contributed by atoms with van der Waals surface area (Å²) in [5.41, 5.74) is 0.765. The van der Waals surface area contributed by atoms with Crippen molar-refractivity contribution < 1.29 is 22.6 Å². The van der Waals surface area contributed by atoms with Gasteiger partial charge in [-0.15, -0.1) is 0 Å². The fourth-order valence-electron chi connectivity index (χ4n) is 1.92. The summed E-state index contributed by atoms with van der Waals surface area (Å²) in [7, 11) is 3.33. The minimum absolute atomic E-state index is 0.144. The molecule has 0 aromatic heterocycles. The summed E-state index contributed by atoms with van der Waals surface area (Å²) in [5.74, 6) is 0. The van der Waals surface area contributed by atoms with Crippen LogP contribution in [0.2, 0.25) is 0 Å². The lowest BCUT2D eigenvalue weighted by atomic mass is 9.99. The van der Waals surface area contributed by atoms with Crippen molar-refractivity contribution in [3.05, 3.63) is 34.9 Å². The van der Waals surface area contributed by atoms with Crippen LogP contribution >= 0.6 is 0 Å². The molecule has 1 aromatic carbocycles. The molecule has 0 saturated carbocycles. The number of benzene rings is 1. The van der Waals surface area contributed by atoms with Crippen LogP contribution in [0.3, 0.4) is 0 Å². The Kier molecular flexibility index (Phi) is 6.45. The quantitative estimate of drug-likeness (QED) is 0.784. The molecular weight excluding hydrogens is 271 g/mol. The second-order valence-corrected chi connectivity index (χ2v) is 4.48. The molecule has 1 atom stereocenters. The molecule has 0 aliphatic heterocycles. The lowest BCUT2D eigenvalue weighted by molar-refractivity contribution is -0.137. The van der Waals surface area contributed by atoms with Crippen LogP contribution in [0.5, 0.6) is 0 Å². The summed E-state index contributed by atoms with van der Waals surface area (Å²) in [6.45, 7) is 2.99. The number of aryl methyl sites for hydroxylation is 1. The first kappa shape index (κ1) is 16.9. The fraction of sp³-hybridized carbons (Fsp3) is 0.571. The van der Waals surface area contributed by atoms with Crippen LogP contribution in [0.4, 0.5) is 13.2 Å². The standard InChI is InChI=1S/C14H20F3NO2/c1-10-8-11(14(15,16)17)4-5-12(10)13(18-2)9-20-7-6-19-3/h4-5,8,13,18H,6-7,9H2,1-3H3. The van der Waals surface area contributed by atoms with Crippen molar-refractivity contribution in [3.8, 4) is 0 Å². The number of hydrogen-bond acceptors (Lipinski definition) is 3. The van der Waals surface area contributed by atoms with Gasteiger partial charge in [-0.2, -0.15) is 13.2 Å². The zero-order valence-corrected chi connectivity index (χ0v) is 11.9. The maximum Gasteiger partial charge on any atom is 0.416 e. The van der Waals surface area contributed by atoms with E-state index in [0.29, 0.717) is 25.4 Å². The monoisotopic (exact) mass is 291 g/mol. The maximum absolute atomic E-state index is 12.6. The van der Waals surface area contributed by atoms with Crippen molar-refractivity contribution in [3.63, 3.8) is 0 Å². The largest absolute Gasteiger partial charge is 0.416 e. The lowest BCUT2D eigenvalue weighted by Crippen LogP contribution is -2.23. The maximum atomic E-state index is 12.6. The van der Waals surface area contributed by atoms with Crippen molar-refractivity contribution in [2.75, 3.05) is 34.0 Å². The molecule has 0 fully saturated rings. The van der Waals surface area contributed by atoms with Gasteiger partial charge in [0.05, 0.1) is 31.4 Å². The number of ether oxygens (including phenoxy) is 2. The van der Waals surface area contributed by atoms with Gasteiger partial charge in [0.25, 0.3) is 0 Å². The van der Waals surface area contributed by atoms with Gasteiger partial charge in [-0.3, -0.25) is 0 Å². The van der Waals surface area contributed by atoms with Gasteiger partial charge >= 0.3 is 6.18 Å². The van der Waals surface area contributed by atoms with Gasteiger partial charge in [0, 0.05) is 7.11 Å². The third-order valence-electron chi connectivity index (χ3n) is 3.04. The smallest absolute Gasteiger partial charge is 0.382 e. The topological polar surface area (TPSA) is 30.5 Å². The number of halogens is 3. The molecule has 114 valence electrons. The van der Waals surface area contributed by atoms with Gasteiger partial charge in [0.1, 0.15) is 0 Å². The molecule has 0 heterocycles. The summed E-state index contributed by atoms with van der Waals surface area (Å²) in [4.78, 5) is 0. The average Bonchev–Trinajstić information content (AvgIpc) is 2.38. The van der Waals surface area contributed by atoms with E-state index in [1.165, 1.54) is 6.07 Å². The molecular formula is C14H20F3NO2. The molecule has 0 radical (unpaired) electrons. The van der Waals surface area contributed by atoms with E-state index in [9.17, 15) is 13.2 Å². The second-order valence-electron chi connectivity index (χ2n) is 4.48. The van der Waals surface area contributed by atoms with Crippen LogP contribution in [-0.4, -0.2) is 34.0 Å². The summed E-state index contributed by atoms with van der Waals surface area (Å²) in [5, 5.41) is 3.05. The summed E-state index contributed by atoms with van der Waals surface area (Å²) in [6.07, 6.45) is -4.31. The Bertz CT molecular complexity index is 421. The molecule has 0 amide bonds. The summed E-state index contributed by atoms with van der Waals surface area (Å²) < 4.78 is 48.1. The molecule has 0 aliphatic rings. The highest BCUT2D eigenvalue weighted by molar-refractivity contribution is 5.34. The zero-order chi connectivity index (χ0) is 15.2. The van der Waals surface area contributed by atoms with E-state index in [4.69, 9.17) is 9.47 Å². The number of alkyl halides is 3. The minimum atomic E-state index is -4.31. The van der Waals surface area contributed by atoms with E-state index < -0.39 is 11.7 Å². The van der Waals surface area contributed by atoms with Gasteiger partial charge in [-0.1, -0.05) is 6.07 Å². The Morgan fingerprint density at radius 3 is 2.45 bits per heavy atom. The molecule has 0 aliphatic carbocycles. The summed E-state index contributed by atoms with van der Waals surface area (Å²) >= 11 is 0. The molecule has 0 saturated heterocycles. The molecule has 1 N–H and O–H groups in total. The van der Waals surface area contributed by atoms with Crippen LogP contribution in [0.15, 0.2) is 18.2 Å². The highest BCUT2D eigenvalue weighted by Crippen LogP contribution is 2.31. The fourth-order valence-corrected chi connectivity index (χ4v) is 1.92. The van der Waals surface area contributed by atoms with E-state index in [2.05, 4.69) is 5.32 Å². The molecule has 1 aromatic rings. The third kappa shape index (κ3) is 4.77. The molecule has 1 unspecified atom stereocenters. The lowest BCUT2D eigenvalue weighted by Gasteiger charge is -2.20. The van der Waals surface area contributed by atoms with Gasteiger partial charge < -0.3 is 14.8 Å². The van der Waals surface area contributed by atoms with Crippen LogP contribution in [0.25, 0.3) is 0 Å². The van der Waals surface area contributed by atoms with Crippen LogP contribution < -0.4 is 5.32 Å². The van der Waals surface area contributed by atoms with Gasteiger partial charge in [0.15, 0.2) is 0 Å². The molecule has 0 bridgehead atoms. The third-order valence-corrected chi connectivity index (χ3v) is 3.04. The van der Waals surface area contributed by atoms with Crippen LogP contribution in [0, 0.1) is 6.92 Å². The number of nitrogens with one attached hydrogen (secondary N) is 1. The minimum Gasteiger partial charge on any atom is -0.382 e. The average molecular weight is 291 g/mol. The first-order chi connectivity index (χ1) is 9.40. The Morgan fingerprint density at radius 1 is 1.25 bits per heavy atom. The van der Waals surface area contributed by atoms with E-state index in [1.54, 1.807) is 21.1 Å². The van der Waals surface area contributed by atoms with E-state index in [0.717, 1.165) is 17.7 Å². The zero-order valence-electron chi connectivity index (χ0n) is 11.9. The van der Waals surface area contributed by atoms with E-state index in [-0.39, 0.29) is 6.04 Å². The van der Waals surface area contributed by atoms with Crippen molar-refractivity contribution in [1.29, 1.82) is 0 Å². The number of likely N-dealkylation sites (N-methyl/N-ethyl adjacent to an activating group) is 1. The highest BCUT2D eigenvalue weighted by Gasteiger charge is 2.31. The van der Waals surface area contributed by atoms with Gasteiger partial charge in [0.2, 0.25) is 0 Å². The Morgan fingerprint density at radius 2 is 1.95 bits per heavy atom. The molecule has 1 rings (SSSR count). The van der Waals surface area contributed by atoms with Crippen LogP contribution in [-0.2, 0) is 15.7 Å². The normalized spacial score (nSPS) is 13.5. The van der Waals surface area contributed by atoms with Gasteiger partial charge in [-0.25, -0.2) is 0 Å². The first-order valence-electron chi connectivity index (χ1n) is 6.31. The Labute approximate surface area is 117 Å². The van der Waals surface area contributed by atoms with E-state index >= 15 is 0 Å². The van der Waals surface area contributed by atoms with Crippen molar-refractivity contribution in [2.45, 2.75) is 19.1 Å². The molecule has 6 heteroatoms. The molecule has 3 nitrogen and oxygen atoms in total. The Hall–Kier alpha value is -1.11. The summed E-state index contributed by atoms with van der Waals surface area (Å²) in [6, 6.07) is 3.62. The molecule has 20 heavy (non-hydrogen) atoms. The SMILES string of the molecule is CNC(COCCOC)c1ccc(C(F)(F)F)cc1C. The highest BCUT2D eigenvalue weighted by atomic mass is 19.4. The van der Waals surface area contributed by atoms with Crippen molar-refractivity contribution in [1.82, 2.24) is 5.32 Å². The van der Waals surface area contributed by atoms with Crippen molar-refractivity contribution >= 4 is 0 Å². The second kappa shape index (κ2) is 7.61. The molecule has 0 spiro atoms. The van der Waals surface area contributed by atoms with Crippen molar-refractivity contribution in [2.24, 2.45) is 0 Å². The first-order valence-corrected chi connectivity index (χ1v) is 6.31. The number of hydrogen-bond donors (Lipinski definition) is 1. The number of methoxy groups -OCH3 is 1. The van der Waals surface area contributed by atoms with E-state index in [1.807, 2.05) is 0 Å². The predicted octanol–water partition coefficient (Wildman–Crippen LogP) is 2.94. The van der Waals surface area contributed by atoms with Gasteiger partial charge in [-0.05, 0) is 37.2 Å². The predicted molar refractivity (Wildman–Crippen MR) is 70.7 cm³/mol. The number of rotatable bonds is 7. The Balaban J connectivity index is 2.78. The van der Waals surface area contributed by atoms with Crippen LogP contribution in [0.1, 0.15) is 22.7 Å².